The number of carbonyl (C=O) groups excluding carboxylic acids is 1. The molecule has 0 bridgehead atoms. The average molecular weight is 521 g/mol. The second-order valence-electron chi connectivity index (χ2n) is 7.52. The van der Waals surface area contributed by atoms with Gasteiger partial charge in [-0.05, 0) is 66.7 Å². The number of fused-ring (bicyclic) bond motifs is 1. The van der Waals surface area contributed by atoms with Crippen LogP contribution in [0.5, 0.6) is 17.2 Å². The van der Waals surface area contributed by atoms with Crippen LogP contribution in [0.2, 0.25) is 5.02 Å². The summed E-state index contributed by atoms with van der Waals surface area (Å²) in [6.45, 7) is 0.00524. The van der Waals surface area contributed by atoms with Gasteiger partial charge >= 0.3 is 0 Å². The maximum Gasteiger partial charge on any atom is 0.264 e. The molecule has 3 aromatic carbocycles. The number of hydrogen-bond acceptors (Lipinski definition) is 6. The minimum absolute atomic E-state index is 0.0259. The Balaban J connectivity index is 1.49. The van der Waals surface area contributed by atoms with Crippen molar-refractivity contribution in [2.75, 3.05) is 31.1 Å². The monoisotopic (exact) mass is 520 g/mol. The number of amides is 1. The fourth-order valence-corrected chi connectivity index (χ4v) is 5.09. The molecule has 8 nitrogen and oxygen atoms in total. The van der Waals surface area contributed by atoms with Crippen LogP contribution in [0.15, 0.2) is 71.6 Å². The van der Waals surface area contributed by atoms with Crippen LogP contribution in [0.1, 0.15) is 0 Å². The molecule has 35 heavy (non-hydrogen) atoms. The maximum atomic E-state index is 13.5. The third kappa shape index (κ3) is 5.60. The van der Waals surface area contributed by atoms with Crippen LogP contribution >= 0.6 is 11.6 Å². The van der Waals surface area contributed by atoms with E-state index in [1.807, 2.05) is 0 Å². The van der Waals surface area contributed by atoms with Gasteiger partial charge in [0.15, 0.2) is 6.10 Å². The molecule has 0 aliphatic carbocycles. The van der Waals surface area contributed by atoms with Crippen molar-refractivity contribution >= 4 is 33.2 Å². The summed E-state index contributed by atoms with van der Waals surface area (Å²) in [7, 11) is -2.56. The van der Waals surface area contributed by atoms with Crippen LogP contribution in [-0.2, 0) is 14.8 Å². The molecule has 4 rings (SSSR count). The Morgan fingerprint density at radius 1 is 1.11 bits per heavy atom. The van der Waals surface area contributed by atoms with Crippen LogP contribution in [-0.4, -0.2) is 47.2 Å². The second kappa shape index (κ2) is 10.4. The van der Waals surface area contributed by atoms with Crippen LogP contribution in [0.25, 0.3) is 0 Å². The van der Waals surface area contributed by atoms with Crippen molar-refractivity contribution in [3.05, 3.63) is 77.6 Å². The lowest BCUT2D eigenvalue weighted by molar-refractivity contribution is -0.127. The fourth-order valence-electron chi connectivity index (χ4n) is 3.45. The molecule has 1 amide bonds. The largest absolute Gasteiger partial charge is 0.497 e. The second-order valence-corrected chi connectivity index (χ2v) is 9.82. The van der Waals surface area contributed by atoms with Gasteiger partial charge in [0.1, 0.15) is 29.7 Å². The summed E-state index contributed by atoms with van der Waals surface area (Å²) in [5.41, 5.74) is 0.233. The van der Waals surface area contributed by atoms with E-state index in [4.69, 9.17) is 25.8 Å². The highest BCUT2D eigenvalue weighted by molar-refractivity contribution is 7.92. The number of sulfonamides is 1. The summed E-state index contributed by atoms with van der Waals surface area (Å²) in [6.07, 6.45) is -1.11. The minimum Gasteiger partial charge on any atom is -0.497 e. The smallest absolute Gasteiger partial charge is 0.264 e. The summed E-state index contributed by atoms with van der Waals surface area (Å²) in [5, 5.41) is 3.00. The lowest BCUT2D eigenvalue weighted by Crippen LogP contribution is -2.51. The number of nitrogens with zero attached hydrogens (tertiary/aromatic N) is 1. The molecular weight excluding hydrogens is 499 g/mol. The Morgan fingerprint density at radius 3 is 2.49 bits per heavy atom. The zero-order chi connectivity index (χ0) is 25.0. The van der Waals surface area contributed by atoms with Crippen LogP contribution < -0.4 is 23.8 Å². The Hall–Kier alpha value is -3.50. The van der Waals surface area contributed by atoms with E-state index in [9.17, 15) is 17.6 Å². The number of hydrogen-bond donors (Lipinski definition) is 1. The van der Waals surface area contributed by atoms with Crippen LogP contribution in [0.4, 0.5) is 10.1 Å². The van der Waals surface area contributed by atoms with E-state index in [2.05, 4.69) is 5.32 Å². The van der Waals surface area contributed by atoms with Gasteiger partial charge in [-0.2, -0.15) is 0 Å². The molecule has 0 spiro atoms. The summed E-state index contributed by atoms with van der Waals surface area (Å²) in [5.74, 6) is 0.283. The van der Waals surface area contributed by atoms with Crippen molar-refractivity contribution in [2.24, 2.45) is 0 Å². The molecule has 1 aliphatic rings. The lowest BCUT2D eigenvalue weighted by Gasteiger charge is -2.34. The molecule has 11 heteroatoms. The normalized spacial score (nSPS) is 15.1. The van der Waals surface area contributed by atoms with Crippen molar-refractivity contribution in [3.8, 4) is 17.2 Å². The quantitative estimate of drug-likeness (QED) is 0.456. The van der Waals surface area contributed by atoms with Gasteiger partial charge in [0.05, 0.1) is 30.8 Å². The highest BCUT2D eigenvalue weighted by Crippen LogP contribution is 2.39. The Bertz CT molecular complexity index is 1300. The highest BCUT2D eigenvalue weighted by Gasteiger charge is 2.37. The first-order chi connectivity index (χ1) is 16.8. The van der Waals surface area contributed by atoms with Gasteiger partial charge in [0.2, 0.25) is 0 Å². The number of ether oxygens (including phenoxy) is 3. The molecular formula is C24H22ClFN2O6S. The third-order valence-corrected chi connectivity index (χ3v) is 7.24. The molecule has 1 N–H and O–H groups in total. The molecule has 184 valence electrons. The third-order valence-electron chi connectivity index (χ3n) is 5.21. The number of halogens is 2. The van der Waals surface area contributed by atoms with Gasteiger partial charge in [-0.1, -0.05) is 11.6 Å². The van der Waals surface area contributed by atoms with Crippen molar-refractivity contribution in [2.45, 2.75) is 11.0 Å². The SMILES string of the molecule is COc1ccc(S(=O)(=O)N2CC(C(=O)NCCOc3ccc(F)cc3)Oc3ccc(Cl)cc32)cc1. The van der Waals surface area contributed by atoms with Gasteiger partial charge < -0.3 is 19.5 Å². The van der Waals surface area contributed by atoms with Crippen molar-refractivity contribution in [1.82, 2.24) is 5.32 Å². The zero-order valence-corrected chi connectivity index (χ0v) is 20.2. The van der Waals surface area contributed by atoms with Gasteiger partial charge in [0.25, 0.3) is 15.9 Å². The number of benzene rings is 3. The molecule has 0 radical (unpaired) electrons. The lowest BCUT2D eigenvalue weighted by atomic mass is 10.2. The maximum absolute atomic E-state index is 13.5. The highest BCUT2D eigenvalue weighted by atomic mass is 35.5. The average Bonchev–Trinajstić information content (AvgIpc) is 2.86. The first-order valence-corrected chi connectivity index (χ1v) is 12.4. The predicted octanol–water partition coefficient (Wildman–Crippen LogP) is 3.64. The Morgan fingerprint density at radius 2 is 1.80 bits per heavy atom. The van der Waals surface area contributed by atoms with E-state index in [1.165, 1.54) is 67.8 Å². The summed E-state index contributed by atoms with van der Waals surface area (Å²) in [4.78, 5) is 12.8. The molecule has 3 aromatic rings. The van der Waals surface area contributed by atoms with Gasteiger partial charge in [-0.25, -0.2) is 12.8 Å². The molecule has 1 atom stereocenters. The Labute approximate surface area is 207 Å². The summed E-state index contributed by atoms with van der Waals surface area (Å²) >= 11 is 6.11. The van der Waals surface area contributed by atoms with Crippen LogP contribution in [0.3, 0.4) is 0 Å². The van der Waals surface area contributed by atoms with Gasteiger partial charge in [-0.15, -0.1) is 0 Å². The fraction of sp³-hybridized carbons (Fsp3) is 0.208. The van der Waals surface area contributed by atoms with E-state index in [0.29, 0.717) is 16.5 Å². The first-order valence-electron chi connectivity index (χ1n) is 10.6. The molecule has 1 aliphatic heterocycles. The number of rotatable bonds is 8. The van der Waals surface area contributed by atoms with Crippen molar-refractivity contribution in [3.63, 3.8) is 0 Å². The zero-order valence-electron chi connectivity index (χ0n) is 18.6. The number of methoxy groups -OCH3 is 1. The van der Waals surface area contributed by atoms with E-state index < -0.39 is 22.0 Å². The van der Waals surface area contributed by atoms with Crippen molar-refractivity contribution < 1.29 is 31.8 Å². The summed E-state index contributed by atoms with van der Waals surface area (Å²) in [6, 6.07) is 16.0. The van der Waals surface area contributed by atoms with Gasteiger partial charge in [-0.3, -0.25) is 9.10 Å². The molecule has 0 aromatic heterocycles. The Kier molecular flexibility index (Phi) is 7.32. The van der Waals surface area contributed by atoms with E-state index in [-0.39, 0.29) is 41.8 Å². The molecule has 1 unspecified atom stereocenters. The van der Waals surface area contributed by atoms with E-state index in [0.717, 1.165) is 4.31 Å². The molecule has 0 fully saturated rings. The first kappa shape index (κ1) is 24.6. The number of anilines is 1. The van der Waals surface area contributed by atoms with E-state index in [1.54, 1.807) is 6.07 Å². The van der Waals surface area contributed by atoms with Gasteiger partial charge in [0, 0.05) is 5.02 Å². The molecule has 0 saturated heterocycles. The van der Waals surface area contributed by atoms with E-state index >= 15 is 0 Å². The predicted molar refractivity (Wildman–Crippen MR) is 128 cm³/mol. The summed E-state index contributed by atoms with van der Waals surface area (Å²) < 4.78 is 57.4. The van der Waals surface area contributed by atoms with Crippen molar-refractivity contribution in [1.29, 1.82) is 0 Å². The van der Waals surface area contributed by atoms with Crippen LogP contribution in [0, 0.1) is 5.82 Å². The molecule has 1 heterocycles. The molecule has 0 saturated carbocycles. The topological polar surface area (TPSA) is 94.2 Å². The number of nitrogens with one attached hydrogen (secondary N) is 1. The minimum atomic E-state index is -4.04. The standard InChI is InChI=1S/C24H22ClFN2O6S/c1-32-18-7-9-20(10-8-18)35(30,31)28-15-23(34-22-11-2-16(25)14-21(22)28)24(29)27-12-13-33-19-5-3-17(26)4-6-19/h2-11,14,23H,12-13,15H2,1H3,(H,27,29). The number of carbonyl (C=O) groups is 1.